The smallest absolute Gasteiger partial charge is 0.494 e. The summed E-state index contributed by atoms with van der Waals surface area (Å²) in [5.41, 5.74) is 3.98. The van der Waals surface area contributed by atoms with Crippen LogP contribution in [0.3, 0.4) is 0 Å². The molecule has 8 rings (SSSR count). The minimum Gasteiger partial charge on any atom is -0.494 e. The lowest BCUT2D eigenvalue weighted by Crippen LogP contribution is -2.62. The van der Waals surface area contributed by atoms with Crippen molar-refractivity contribution in [3.8, 4) is 5.88 Å². The number of carbonyl (C=O) groups excluding carboxylic acids is 1. The molecule has 19 heteroatoms. The van der Waals surface area contributed by atoms with Crippen LogP contribution < -0.4 is 10.8 Å². The number of nitrogens with zero attached hydrogens (tertiary/aromatic N) is 3. The molecule has 3 aromatic carbocycles. The number of aliphatic hydroxyl groups excluding tert-OH is 6. The van der Waals surface area contributed by atoms with Crippen LogP contribution in [-0.2, 0) is 28.3 Å². The van der Waals surface area contributed by atoms with Crippen molar-refractivity contribution in [3.05, 3.63) is 83.9 Å². The van der Waals surface area contributed by atoms with Crippen molar-refractivity contribution in [1.29, 1.82) is 0 Å². The van der Waals surface area contributed by atoms with E-state index in [1.165, 1.54) is 0 Å². The number of benzene rings is 3. The lowest BCUT2D eigenvalue weighted by Gasteiger charge is -2.43. The number of fused-ring (bicyclic) bond motifs is 2. The first-order valence-corrected chi connectivity index (χ1v) is 19.5. The van der Waals surface area contributed by atoms with E-state index < -0.39 is 75.1 Å². The van der Waals surface area contributed by atoms with Crippen molar-refractivity contribution >= 4 is 46.5 Å². The van der Waals surface area contributed by atoms with Gasteiger partial charge in [0, 0.05) is 48.3 Å². The molecule has 1 aromatic heterocycles. The summed E-state index contributed by atoms with van der Waals surface area (Å²) in [5, 5.41) is 77.3. The summed E-state index contributed by atoms with van der Waals surface area (Å²) in [6.45, 7) is 2.12. The monoisotopic (exact) mass is 817 g/mol. The number of hydrogen-bond donors (Lipinski definition) is 9. The van der Waals surface area contributed by atoms with E-state index in [0.717, 1.165) is 31.7 Å². The molecule has 0 spiro atoms. The molecular formula is C40H48BN5O13. The second-order valence-electron chi connectivity index (χ2n) is 15.3. The molecule has 4 aliphatic heterocycles. The summed E-state index contributed by atoms with van der Waals surface area (Å²) in [4.78, 5) is 25.1. The Morgan fingerprint density at radius 1 is 0.983 bits per heavy atom. The fourth-order valence-corrected chi connectivity index (χ4v) is 7.91. The Kier molecular flexibility index (Phi) is 12.2. The maximum absolute atomic E-state index is 12.8. The Bertz CT molecular complexity index is 2120. The molecule has 0 saturated carbocycles. The lowest BCUT2D eigenvalue weighted by molar-refractivity contribution is -0.383. The highest BCUT2D eigenvalue weighted by Crippen LogP contribution is 2.39. The number of anilines is 1. The van der Waals surface area contributed by atoms with Gasteiger partial charge in [-0.25, -0.2) is 4.99 Å². The molecule has 18 nitrogen and oxygen atoms in total. The highest BCUT2D eigenvalue weighted by molar-refractivity contribution is 6.61. The fourth-order valence-electron chi connectivity index (χ4n) is 7.91. The molecule has 314 valence electrons. The Labute approximate surface area is 339 Å². The third-order valence-corrected chi connectivity index (χ3v) is 11.3. The number of H-pyrrole nitrogens is 1. The van der Waals surface area contributed by atoms with Crippen LogP contribution >= 0.6 is 0 Å². The average Bonchev–Trinajstić information content (AvgIpc) is 3.73. The zero-order valence-corrected chi connectivity index (χ0v) is 32.2. The fraction of sp³-hybridized carbons (Fsp3) is 0.450. The normalized spacial score (nSPS) is 30.8. The summed E-state index contributed by atoms with van der Waals surface area (Å²) in [5.74, 6) is -2.40. The molecule has 2 unspecified atom stereocenters. The Balaban J connectivity index is 0.997. The second-order valence-corrected chi connectivity index (χ2v) is 15.3. The van der Waals surface area contributed by atoms with Crippen molar-refractivity contribution in [2.75, 3.05) is 64.9 Å². The van der Waals surface area contributed by atoms with Gasteiger partial charge in [0.15, 0.2) is 12.2 Å². The number of aliphatic imine (C=N–C) groups is 1. The second kappa shape index (κ2) is 17.3. The largest absolute Gasteiger partial charge is 0.494 e. The van der Waals surface area contributed by atoms with Gasteiger partial charge in [0.05, 0.1) is 36.7 Å². The molecule has 9 N–H and O–H groups in total. The van der Waals surface area contributed by atoms with E-state index in [0.29, 0.717) is 45.6 Å². The maximum atomic E-state index is 12.8. The number of hydrogen-bond acceptors (Lipinski definition) is 16. The number of aromatic amines is 1. The number of nitrogens with one attached hydrogen (secondary N) is 2. The van der Waals surface area contributed by atoms with Crippen LogP contribution in [0.4, 0.5) is 11.4 Å². The molecule has 5 heterocycles. The van der Waals surface area contributed by atoms with Crippen molar-refractivity contribution in [2.24, 2.45) is 4.99 Å². The van der Waals surface area contributed by atoms with Gasteiger partial charge in [-0.3, -0.25) is 9.69 Å². The standard InChI is InChI=1S/C40H48BN5O13/c1-45-13-15-46(16-14-45)18-30(49)42-24-8-10-25(11-9-24)43-32(22-5-3-2-4-6-22)31-26-12-7-23(17-27(26)44-38(31)54)41-55-20-29-36(59-41)37(53)40(21-48,57-29)58-39-35(52)34(51)33(50)28(19-47)56-39/h2-12,17,28-29,33-37,39,44,47-48,50-54H,13-16,18-21H2,1H3,(H,42,49)/t28?,29-,33-,34+,35-,36?,37+,39-,40+/m1/s1. The Hall–Kier alpha value is -4.32. The molecule has 4 aliphatic rings. The molecular weight excluding hydrogens is 769 g/mol. The SMILES string of the molecule is CN1CCN(CC(=O)Nc2ccc(N=C(c3ccccc3)c3c(O)[nH]c4cc(B5OC[C@H]6O[C@@](CO)(O[C@H]7OC(CO)[C@@H](O)[C@H](O)[C@H]7O)[C@@H](O)C6O5)ccc34)cc2)CC1. The topological polar surface area (TPSA) is 251 Å². The molecule has 4 saturated heterocycles. The van der Waals surface area contributed by atoms with Crippen LogP contribution in [0.2, 0.25) is 0 Å². The third kappa shape index (κ3) is 8.40. The molecule has 4 aromatic rings. The van der Waals surface area contributed by atoms with Gasteiger partial charge < -0.3 is 74.5 Å². The minimum atomic E-state index is -2.18. The molecule has 0 aliphatic carbocycles. The highest BCUT2D eigenvalue weighted by atomic mass is 16.8. The Morgan fingerprint density at radius 3 is 2.44 bits per heavy atom. The predicted octanol–water partition coefficient (Wildman–Crippen LogP) is -1.40. The quantitative estimate of drug-likeness (QED) is 0.0624. The number of ether oxygens (including phenoxy) is 3. The van der Waals surface area contributed by atoms with Crippen molar-refractivity contribution in [3.63, 3.8) is 0 Å². The maximum Gasteiger partial charge on any atom is 0.494 e. The number of likely N-dealkylation sites (N-methyl/N-ethyl adjacent to an activating group) is 1. The lowest BCUT2D eigenvalue weighted by atomic mass is 9.76. The summed E-state index contributed by atoms with van der Waals surface area (Å²) in [7, 11) is 1.04. The van der Waals surface area contributed by atoms with E-state index in [1.54, 1.807) is 42.5 Å². The molecule has 4 fully saturated rings. The third-order valence-electron chi connectivity index (χ3n) is 11.3. The van der Waals surface area contributed by atoms with Crippen LogP contribution in [0, 0.1) is 0 Å². The van der Waals surface area contributed by atoms with Gasteiger partial charge in [0.25, 0.3) is 0 Å². The first-order chi connectivity index (χ1) is 28.5. The molecule has 0 radical (unpaired) electrons. The predicted molar refractivity (Wildman–Crippen MR) is 212 cm³/mol. The van der Waals surface area contributed by atoms with E-state index >= 15 is 0 Å². The number of aliphatic hydroxyl groups is 6. The number of aromatic hydroxyl groups is 1. The number of amides is 1. The average molecular weight is 818 g/mol. The summed E-state index contributed by atoms with van der Waals surface area (Å²) in [6.07, 6.45) is -11.9. The Morgan fingerprint density at radius 2 is 1.73 bits per heavy atom. The van der Waals surface area contributed by atoms with E-state index in [1.807, 2.05) is 30.3 Å². The van der Waals surface area contributed by atoms with E-state index in [4.69, 9.17) is 28.5 Å². The zero-order chi connectivity index (χ0) is 41.4. The van der Waals surface area contributed by atoms with Gasteiger partial charge in [0.1, 0.15) is 49.3 Å². The summed E-state index contributed by atoms with van der Waals surface area (Å²) in [6, 6.07) is 21.9. The first-order valence-electron chi connectivity index (χ1n) is 19.5. The van der Waals surface area contributed by atoms with Crippen molar-refractivity contribution in [1.82, 2.24) is 14.8 Å². The first kappa shape index (κ1) is 41.4. The number of rotatable bonds is 11. The van der Waals surface area contributed by atoms with Gasteiger partial charge in [-0.05, 0) is 42.8 Å². The molecule has 59 heavy (non-hydrogen) atoms. The number of piperazine rings is 1. The van der Waals surface area contributed by atoms with Crippen LogP contribution in [0.1, 0.15) is 11.1 Å². The van der Waals surface area contributed by atoms with Gasteiger partial charge in [-0.15, -0.1) is 0 Å². The van der Waals surface area contributed by atoms with Crippen LogP contribution in [-0.4, -0.2) is 184 Å². The molecule has 1 amide bonds. The van der Waals surface area contributed by atoms with Crippen molar-refractivity contribution < 1.29 is 64.1 Å². The van der Waals surface area contributed by atoms with E-state index in [2.05, 4.69) is 27.1 Å². The van der Waals surface area contributed by atoms with E-state index in [-0.39, 0.29) is 18.4 Å². The zero-order valence-electron chi connectivity index (χ0n) is 32.2. The number of carbonyl (C=O) groups is 1. The van der Waals surface area contributed by atoms with Gasteiger partial charge >= 0.3 is 7.12 Å². The summed E-state index contributed by atoms with van der Waals surface area (Å²) >= 11 is 0. The van der Waals surface area contributed by atoms with Gasteiger partial charge in [-0.2, -0.15) is 0 Å². The highest BCUT2D eigenvalue weighted by Gasteiger charge is 2.61. The van der Waals surface area contributed by atoms with Gasteiger partial charge in [0.2, 0.25) is 11.7 Å². The summed E-state index contributed by atoms with van der Waals surface area (Å²) < 4.78 is 29.2. The van der Waals surface area contributed by atoms with Crippen LogP contribution in [0.15, 0.2) is 77.8 Å². The van der Waals surface area contributed by atoms with Crippen LogP contribution in [0.25, 0.3) is 10.9 Å². The van der Waals surface area contributed by atoms with E-state index in [9.17, 15) is 40.5 Å². The number of aromatic nitrogens is 1. The van der Waals surface area contributed by atoms with Crippen LogP contribution in [0.5, 0.6) is 5.88 Å². The van der Waals surface area contributed by atoms with Gasteiger partial charge in [-0.1, -0.05) is 42.5 Å². The van der Waals surface area contributed by atoms with Crippen molar-refractivity contribution in [2.45, 2.75) is 54.8 Å². The molecule has 9 atom stereocenters. The molecule has 0 bridgehead atoms. The minimum absolute atomic E-state index is 0.0884.